The van der Waals surface area contributed by atoms with Crippen molar-refractivity contribution in [1.82, 2.24) is 10.3 Å². The molecule has 0 aliphatic carbocycles. The van der Waals surface area contributed by atoms with Gasteiger partial charge in [0.05, 0.1) is 18.0 Å². The van der Waals surface area contributed by atoms with E-state index in [4.69, 9.17) is 19.6 Å². The van der Waals surface area contributed by atoms with Crippen LogP contribution in [0.15, 0.2) is 21.3 Å². The molecule has 0 spiro atoms. The second kappa shape index (κ2) is 9.98. The van der Waals surface area contributed by atoms with Gasteiger partial charge in [0, 0.05) is 12.2 Å². The number of nitrogens with zero attached hydrogens (tertiary/aromatic N) is 1. The van der Waals surface area contributed by atoms with Gasteiger partial charge in [-0.15, -0.1) is 0 Å². The summed E-state index contributed by atoms with van der Waals surface area (Å²) in [6, 6.07) is 1.21. The molecule has 0 saturated heterocycles. The van der Waals surface area contributed by atoms with E-state index in [9.17, 15) is 19.2 Å². The number of urea groups is 1. The molecule has 32 heavy (non-hydrogen) atoms. The highest BCUT2D eigenvalue weighted by Crippen LogP contribution is 2.24. The molecule has 0 saturated carbocycles. The number of nitrogens with one attached hydrogen (secondary N) is 3. The fraction of sp³-hybridized carbons (Fsp3) is 0.450. The normalized spacial score (nSPS) is 12.0. The number of carbonyl (C=O) groups excluding carboxylic acids is 3. The smallest absolute Gasteiger partial charge is 0.412 e. The van der Waals surface area contributed by atoms with E-state index >= 15 is 0 Å². The van der Waals surface area contributed by atoms with Gasteiger partial charge in [-0.2, -0.15) is 4.98 Å². The number of amides is 3. The van der Waals surface area contributed by atoms with Crippen LogP contribution >= 0.6 is 0 Å². The third-order valence-electron chi connectivity index (χ3n) is 4.21. The average molecular weight is 449 g/mol. The molecule has 0 radical (unpaired) electrons. The summed E-state index contributed by atoms with van der Waals surface area (Å²) in [5.41, 5.74) is 4.71. The molecule has 12 heteroatoms. The first-order chi connectivity index (χ1) is 14.9. The molecule has 1 aromatic heterocycles. The lowest BCUT2D eigenvalue weighted by Gasteiger charge is -2.20. The Hall–Kier alpha value is -3.83. The quantitative estimate of drug-likeness (QED) is 0.460. The number of benzene rings is 1. The molecule has 5 N–H and O–H groups in total. The Morgan fingerprint density at radius 1 is 1.25 bits per heavy atom. The van der Waals surface area contributed by atoms with Crippen molar-refractivity contribution < 1.29 is 28.3 Å². The third kappa shape index (κ3) is 6.59. The van der Waals surface area contributed by atoms with Crippen LogP contribution in [0, 0.1) is 6.92 Å². The number of fused-ring (bicyclic) bond motifs is 1. The van der Waals surface area contributed by atoms with E-state index in [0.29, 0.717) is 11.3 Å². The minimum Gasteiger partial charge on any atom is -0.467 e. The Kier molecular flexibility index (Phi) is 7.63. The van der Waals surface area contributed by atoms with E-state index in [1.54, 1.807) is 33.8 Å². The number of methoxy groups -OCH3 is 1. The zero-order chi connectivity index (χ0) is 24.1. The number of ether oxygens (including phenoxy) is 2. The van der Waals surface area contributed by atoms with Crippen molar-refractivity contribution in [1.29, 1.82) is 0 Å². The number of aromatic nitrogens is 1. The van der Waals surface area contributed by atoms with E-state index < -0.39 is 35.4 Å². The van der Waals surface area contributed by atoms with Gasteiger partial charge in [0.25, 0.3) is 6.01 Å². The van der Waals surface area contributed by atoms with Crippen LogP contribution in [-0.2, 0) is 14.3 Å². The Morgan fingerprint density at radius 2 is 1.94 bits per heavy atom. The predicted octanol–water partition coefficient (Wildman–Crippen LogP) is 1.86. The van der Waals surface area contributed by atoms with Gasteiger partial charge in [-0.05, 0) is 51.8 Å². The SMILES string of the molecule is COC(=O)[C@H](CCNC(N)=O)Nc1nc2ccc(NC(=O)OC(C)(C)C)c(C)c2c(=O)o1. The summed E-state index contributed by atoms with van der Waals surface area (Å²) in [6.45, 7) is 6.92. The van der Waals surface area contributed by atoms with Crippen molar-refractivity contribution in [3.63, 3.8) is 0 Å². The first kappa shape index (κ1) is 24.4. The standard InChI is InChI=1S/C20H27N5O7/c1-10-11(25-19(29)32-20(2,3)4)6-7-12-14(10)16(27)31-18(23-12)24-13(15(26)30-5)8-9-22-17(21)28/h6-7,13H,8-9H2,1-5H3,(H,23,24)(H,25,29)(H3,21,22,28)/t13-/m0/s1. The van der Waals surface area contributed by atoms with Gasteiger partial charge in [-0.3, -0.25) is 5.32 Å². The Bertz CT molecular complexity index is 1070. The molecular formula is C20H27N5O7. The molecule has 174 valence electrons. The van der Waals surface area contributed by atoms with Gasteiger partial charge in [0.2, 0.25) is 0 Å². The minimum atomic E-state index is -0.950. The first-order valence-corrected chi connectivity index (χ1v) is 9.73. The molecule has 2 rings (SSSR count). The average Bonchev–Trinajstić information content (AvgIpc) is 2.66. The molecular weight excluding hydrogens is 422 g/mol. The number of anilines is 2. The maximum absolute atomic E-state index is 12.6. The molecule has 0 aliphatic rings. The third-order valence-corrected chi connectivity index (χ3v) is 4.21. The first-order valence-electron chi connectivity index (χ1n) is 9.73. The van der Waals surface area contributed by atoms with Crippen LogP contribution in [0.1, 0.15) is 32.8 Å². The molecule has 1 atom stereocenters. The second-order valence-corrected chi connectivity index (χ2v) is 7.87. The number of hydrogen-bond acceptors (Lipinski definition) is 9. The number of primary amides is 1. The molecule has 3 amide bonds. The van der Waals surface area contributed by atoms with E-state index in [1.807, 2.05) is 0 Å². The highest BCUT2D eigenvalue weighted by molar-refractivity contribution is 5.93. The van der Waals surface area contributed by atoms with Gasteiger partial charge >= 0.3 is 23.7 Å². The largest absolute Gasteiger partial charge is 0.467 e. The number of hydrogen-bond donors (Lipinski definition) is 4. The van der Waals surface area contributed by atoms with Crippen LogP contribution in [0.5, 0.6) is 0 Å². The van der Waals surface area contributed by atoms with Gasteiger partial charge in [-0.25, -0.2) is 19.2 Å². The lowest BCUT2D eigenvalue weighted by molar-refractivity contribution is -0.141. The van der Waals surface area contributed by atoms with Crippen molar-refractivity contribution in [2.24, 2.45) is 5.73 Å². The van der Waals surface area contributed by atoms with Crippen molar-refractivity contribution in [3.8, 4) is 0 Å². The van der Waals surface area contributed by atoms with E-state index in [2.05, 4.69) is 20.9 Å². The summed E-state index contributed by atoms with van der Waals surface area (Å²) < 4.78 is 15.2. The molecule has 1 aromatic carbocycles. The van der Waals surface area contributed by atoms with Gasteiger partial charge < -0.3 is 30.3 Å². The van der Waals surface area contributed by atoms with Crippen LogP contribution in [-0.4, -0.2) is 48.4 Å². The summed E-state index contributed by atoms with van der Waals surface area (Å²) in [6.07, 6.45) is -0.558. The van der Waals surface area contributed by atoms with Crippen LogP contribution < -0.4 is 27.3 Å². The number of rotatable bonds is 7. The van der Waals surface area contributed by atoms with E-state index in [-0.39, 0.29) is 29.9 Å². The van der Waals surface area contributed by atoms with Crippen LogP contribution in [0.25, 0.3) is 10.9 Å². The number of nitrogens with two attached hydrogens (primary N) is 1. The number of carbonyl (C=O) groups is 3. The molecule has 12 nitrogen and oxygen atoms in total. The van der Waals surface area contributed by atoms with Gasteiger partial charge in [0.15, 0.2) is 0 Å². The number of esters is 1. The summed E-state index contributed by atoms with van der Waals surface area (Å²) in [7, 11) is 1.20. The highest BCUT2D eigenvalue weighted by Gasteiger charge is 2.22. The monoisotopic (exact) mass is 449 g/mol. The fourth-order valence-corrected chi connectivity index (χ4v) is 2.81. The van der Waals surface area contributed by atoms with Gasteiger partial charge in [-0.1, -0.05) is 0 Å². The van der Waals surface area contributed by atoms with Crippen molar-refractivity contribution in [2.45, 2.75) is 45.8 Å². The van der Waals surface area contributed by atoms with Crippen LogP contribution in [0.2, 0.25) is 0 Å². The Morgan fingerprint density at radius 3 is 2.53 bits per heavy atom. The fourth-order valence-electron chi connectivity index (χ4n) is 2.81. The molecule has 1 heterocycles. The molecule has 0 unspecified atom stereocenters. The minimum absolute atomic E-state index is 0.0821. The lowest BCUT2D eigenvalue weighted by Crippen LogP contribution is -2.37. The van der Waals surface area contributed by atoms with E-state index in [1.165, 1.54) is 13.2 Å². The summed E-state index contributed by atoms with van der Waals surface area (Å²) in [5.74, 6) is -0.645. The maximum atomic E-state index is 12.6. The van der Waals surface area contributed by atoms with Crippen molar-refractivity contribution in [3.05, 3.63) is 28.1 Å². The molecule has 2 aromatic rings. The molecule has 0 aliphatic heterocycles. The van der Waals surface area contributed by atoms with Crippen LogP contribution in [0.3, 0.4) is 0 Å². The van der Waals surface area contributed by atoms with Crippen LogP contribution in [0.4, 0.5) is 21.3 Å². The zero-order valence-electron chi connectivity index (χ0n) is 18.5. The molecule has 0 bridgehead atoms. The Balaban J connectivity index is 2.29. The topological polar surface area (TPSA) is 175 Å². The predicted molar refractivity (Wildman–Crippen MR) is 117 cm³/mol. The number of aryl methyl sites for hydroxylation is 1. The van der Waals surface area contributed by atoms with Crippen molar-refractivity contribution in [2.75, 3.05) is 24.3 Å². The van der Waals surface area contributed by atoms with E-state index in [0.717, 1.165) is 0 Å². The lowest BCUT2D eigenvalue weighted by atomic mass is 10.1. The molecule has 0 fully saturated rings. The Labute approximate surface area is 183 Å². The maximum Gasteiger partial charge on any atom is 0.412 e. The van der Waals surface area contributed by atoms with Crippen molar-refractivity contribution >= 4 is 40.7 Å². The summed E-state index contributed by atoms with van der Waals surface area (Å²) in [5, 5.41) is 7.81. The highest BCUT2D eigenvalue weighted by atomic mass is 16.6. The summed E-state index contributed by atoms with van der Waals surface area (Å²) in [4.78, 5) is 51.8. The summed E-state index contributed by atoms with van der Waals surface area (Å²) >= 11 is 0. The zero-order valence-corrected chi connectivity index (χ0v) is 18.5. The van der Waals surface area contributed by atoms with Gasteiger partial charge in [0.1, 0.15) is 11.6 Å². The second-order valence-electron chi connectivity index (χ2n) is 7.87.